The summed E-state index contributed by atoms with van der Waals surface area (Å²) in [6.07, 6.45) is 1.34. The first-order valence-electron chi connectivity index (χ1n) is 4.72. The van der Waals surface area contributed by atoms with Gasteiger partial charge in [0.2, 0.25) is 5.91 Å². The van der Waals surface area contributed by atoms with Gasteiger partial charge in [0, 0.05) is 6.54 Å². The maximum Gasteiger partial charge on any atom is 0.325 e. The lowest BCUT2D eigenvalue weighted by molar-refractivity contribution is -0.147. The number of carbonyl (C=O) groups is 2. The lowest BCUT2D eigenvalue weighted by Crippen LogP contribution is -2.38. The minimum Gasteiger partial charge on any atom is -0.468 e. The summed E-state index contributed by atoms with van der Waals surface area (Å²) in [6.45, 7) is 2.16. The van der Waals surface area contributed by atoms with Gasteiger partial charge in [0.1, 0.15) is 19.4 Å². The summed E-state index contributed by atoms with van der Waals surface area (Å²) in [7, 11) is 1.28. The van der Waals surface area contributed by atoms with E-state index in [0.717, 1.165) is 0 Å². The Morgan fingerprint density at radius 1 is 1.50 bits per heavy atom. The van der Waals surface area contributed by atoms with Crippen LogP contribution in [0.25, 0.3) is 0 Å². The third-order valence-corrected chi connectivity index (χ3v) is 1.97. The lowest BCUT2D eigenvalue weighted by atomic mass is 10.4. The van der Waals surface area contributed by atoms with Gasteiger partial charge >= 0.3 is 5.97 Å². The number of likely N-dealkylation sites (N-methyl/N-ethyl adjacent to an activating group) is 1. The van der Waals surface area contributed by atoms with Gasteiger partial charge in [0.05, 0.1) is 7.11 Å². The smallest absolute Gasteiger partial charge is 0.325 e. The molecule has 0 fully saturated rings. The minimum atomic E-state index is -0.452. The maximum absolute atomic E-state index is 11.7. The zero-order valence-electron chi connectivity index (χ0n) is 9.16. The van der Waals surface area contributed by atoms with Crippen LogP contribution in [0.1, 0.15) is 6.92 Å². The molecule has 8 heteroatoms. The first-order chi connectivity index (χ1) is 7.67. The highest BCUT2D eigenvalue weighted by molar-refractivity contribution is 5.81. The summed E-state index contributed by atoms with van der Waals surface area (Å²) in [4.78, 5) is 24.1. The highest BCUT2D eigenvalue weighted by Crippen LogP contribution is 1.93. The van der Waals surface area contributed by atoms with E-state index in [1.54, 1.807) is 6.92 Å². The number of hydrogen-bond donors (Lipinski definition) is 0. The zero-order valence-corrected chi connectivity index (χ0v) is 9.16. The van der Waals surface area contributed by atoms with Crippen LogP contribution in [0.3, 0.4) is 0 Å². The van der Waals surface area contributed by atoms with Crippen molar-refractivity contribution >= 4 is 11.9 Å². The normalized spacial score (nSPS) is 9.88. The van der Waals surface area contributed by atoms with E-state index in [-0.39, 0.29) is 19.0 Å². The molecule has 0 atom stereocenters. The van der Waals surface area contributed by atoms with Crippen LogP contribution in [-0.2, 0) is 20.9 Å². The Bertz CT molecular complexity index is 351. The standard InChI is InChI=1S/C8H13N5O3/c1-3-12(5-8(15)16-2)7(14)4-13-6-9-10-11-13/h6H,3-5H2,1-2H3. The number of methoxy groups -OCH3 is 1. The van der Waals surface area contributed by atoms with Gasteiger partial charge in [-0.15, -0.1) is 5.10 Å². The summed E-state index contributed by atoms with van der Waals surface area (Å²) >= 11 is 0. The van der Waals surface area contributed by atoms with Crippen molar-refractivity contribution in [3.8, 4) is 0 Å². The Morgan fingerprint density at radius 2 is 2.25 bits per heavy atom. The molecule has 0 aliphatic heterocycles. The predicted molar refractivity (Wildman–Crippen MR) is 52.1 cm³/mol. The van der Waals surface area contributed by atoms with Crippen LogP contribution in [0.2, 0.25) is 0 Å². The third kappa shape index (κ3) is 3.30. The number of esters is 1. The topological polar surface area (TPSA) is 90.2 Å². The predicted octanol–water partition coefficient (Wildman–Crippen LogP) is -1.31. The average molecular weight is 227 g/mol. The fourth-order valence-corrected chi connectivity index (χ4v) is 1.09. The Balaban J connectivity index is 2.52. The molecule has 0 aliphatic carbocycles. The Kier molecular flexibility index (Phi) is 4.37. The SMILES string of the molecule is CCN(CC(=O)OC)C(=O)Cn1cnnn1. The first-order valence-corrected chi connectivity index (χ1v) is 4.72. The van der Waals surface area contributed by atoms with Crippen molar-refractivity contribution in [2.24, 2.45) is 0 Å². The van der Waals surface area contributed by atoms with E-state index in [4.69, 9.17) is 0 Å². The monoisotopic (exact) mass is 227 g/mol. The molecule has 0 unspecified atom stereocenters. The van der Waals surface area contributed by atoms with Crippen LogP contribution in [0.5, 0.6) is 0 Å². The number of carbonyl (C=O) groups excluding carboxylic acids is 2. The number of rotatable bonds is 5. The van der Waals surface area contributed by atoms with E-state index in [1.165, 1.54) is 23.0 Å². The molecule has 0 saturated heterocycles. The van der Waals surface area contributed by atoms with Crippen molar-refractivity contribution in [3.63, 3.8) is 0 Å². The van der Waals surface area contributed by atoms with Crippen LogP contribution in [0, 0.1) is 0 Å². The number of aromatic nitrogens is 4. The molecule has 1 heterocycles. The lowest BCUT2D eigenvalue weighted by Gasteiger charge is -2.18. The van der Waals surface area contributed by atoms with Crippen molar-refractivity contribution in [2.75, 3.05) is 20.2 Å². The number of hydrogen-bond acceptors (Lipinski definition) is 6. The summed E-state index contributed by atoms with van der Waals surface area (Å²) in [6, 6.07) is 0. The average Bonchev–Trinajstić information content (AvgIpc) is 2.77. The zero-order chi connectivity index (χ0) is 12.0. The molecular formula is C8H13N5O3. The fraction of sp³-hybridized carbons (Fsp3) is 0.625. The summed E-state index contributed by atoms with van der Waals surface area (Å²) in [5, 5.41) is 10.4. The number of amides is 1. The maximum atomic E-state index is 11.7. The second-order valence-electron chi connectivity index (χ2n) is 2.99. The molecule has 0 spiro atoms. The van der Waals surface area contributed by atoms with Gasteiger partial charge in [0.15, 0.2) is 0 Å². The molecule has 1 aromatic rings. The molecule has 0 radical (unpaired) electrons. The van der Waals surface area contributed by atoms with E-state index in [0.29, 0.717) is 6.54 Å². The quantitative estimate of drug-likeness (QED) is 0.580. The van der Waals surface area contributed by atoms with Gasteiger partial charge in [-0.1, -0.05) is 0 Å². The minimum absolute atomic E-state index is 0.0117. The Morgan fingerprint density at radius 3 is 2.75 bits per heavy atom. The van der Waals surface area contributed by atoms with Gasteiger partial charge in [-0.2, -0.15) is 0 Å². The van der Waals surface area contributed by atoms with Crippen molar-refractivity contribution in [1.82, 2.24) is 25.1 Å². The van der Waals surface area contributed by atoms with E-state index >= 15 is 0 Å². The molecule has 1 aromatic heterocycles. The first kappa shape index (κ1) is 12.1. The molecule has 0 N–H and O–H groups in total. The van der Waals surface area contributed by atoms with E-state index in [9.17, 15) is 9.59 Å². The number of tetrazole rings is 1. The molecule has 1 amide bonds. The molecule has 0 saturated carbocycles. The van der Waals surface area contributed by atoms with E-state index < -0.39 is 5.97 Å². The van der Waals surface area contributed by atoms with Gasteiger partial charge in [-0.3, -0.25) is 9.59 Å². The van der Waals surface area contributed by atoms with Crippen molar-refractivity contribution < 1.29 is 14.3 Å². The fourth-order valence-electron chi connectivity index (χ4n) is 1.09. The van der Waals surface area contributed by atoms with Gasteiger partial charge in [0.25, 0.3) is 0 Å². The second-order valence-corrected chi connectivity index (χ2v) is 2.99. The molecule has 1 rings (SSSR count). The molecule has 0 aromatic carbocycles. The summed E-state index contributed by atoms with van der Waals surface area (Å²) < 4.78 is 5.78. The summed E-state index contributed by atoms with van der Waals surface area (Å²) in [5.41, 5.74) is 0. The van der Waals surface area contributed by atoms with Crippen molar-refractivity contribution in [3.05, 3.63) is 6.33 Å². The highest BCUT2D eigenvalue weighted by Gasteiger charge is 2.16. The van der Waals surface area contributed by atoms with Crippen LogP contribution >= 0.6 is 0 Å². The second kappa shape index (κ2) is 5.79. The highest BCUT2D eigenvalue weighted by atomic mass is 16.5. The number of nitrogens with zero attached hydrogens (tertiary/aromatic N) is 5. The molecule has 16 heavy (non-hydrogen) atoms. The van der Waals surface area contributed by atoms with Gasteiger partial charge in [-0.05, 0) is 17.4 Å². The summed E-state index contributed by atoms with van der Waals surface area (Å²) in [5.74, 6) is -0.688. The van der Waals surface area contributed by atoms with Crippen molar-refractivity contribution in [1.29, 1.82) is 0 Å². The molecule has 0 bridgehead atoms. The van der Waals surface area contributed by atoms with Crippen LogP contribution in [0.15, 0.2) is 6.33 Å². The molecule has 0 aliphatic rings. The molecule has 88 valence electrons. The number of ether oxygens (including phenoxy) is 1. The Hall–Kier alpha value is -1.99. The Labute approximate surface area is 92.2 Å². The van der Waals surface area contributed by atoms with E-state index in [2.05, 4.69) is 20.3 Å². The molecule has 8 nitrogen and oxygen atoms in total. The van der Waals surface area contributed by atoms with Crippen LogP contribution < -0.4 is 0 Å². The van der Waals surface area contributed by atoms with E-state index in [1.807, 2.05) is 0 Å². The largest absolute Gasteiger partial charge is 0.468 e. The van der Waals surface area contributed by atoms with Gasteiger partial charge in [-0.25, -0.2) is 4.68 Å². The van der Waals surface area contributed by atoms with Crippen molar-refractivity contribution in [2.45, 2.75) is 13.5 Å². The van der Waals surface area contributed by atoms with Gasteiger partial charge < -0.3 is 9.64 Å². The third-order valence-electron chi connectivity index (χ3n) is 1.97. The molecular weight excluding hydrogens is 214 g/mol. The van der Waals surface area contributed by atoms with Crippen LogP contribution in [0.4, 0.5) is 0 Å². The van der Waals surface area contributed by atoms with Crippen LogP contribution in [-0.4, -0.2) is 57.2 Å².